The third-order valence-electron chi connectivity index (χ3n) is 4.15. The van der Waals surface area contributed by atoms with Crippen LogP contribution in [-0.2, 0) is 12.8 Å². The molecule has 19 heavy (non-hydrogen) atoms. The molecule has 1 nitrogen and oxygen atoms in total. The van der Waals surface area contributed by atoms with E-state index in [0.29, 0.717) is 0 Å². The fourth-order valence-electron chi connectivity index (χ4n) is 3.17. The molecule has 0 atom stereocenters. The van der Waals surface area contributed by atoms with E-state index in [0.717, 1.165) is 19.4 Å². The average Bonchev–Trinajstić information content (AvgIpc) is 2.86. The Labute approximate surface area is 115 Å². The van der Waals surface area contributed by atoms with Crippen LogP contribution in [0.1, 0.15) is 29.2 Å². The lowest BCUT2D eigenvalue weighted by Gasteiger charge is -2.17. The first-order chi connectivity index (χ1) is 9.20. The molecule has 1 aliphatic heterocycles. The van der Waals surface area contributed by atoms with E-state index in [1.165, 1.54) is 39.1 Å². The van der Waals surface area contributed by atoms with E-state index in [1.807, 2.05) is 0 Å². The SMILES string of the molecule is CCc1c(C)cc2c(c1-c1ccc(C)cc1)CCN2. The highest BCUT2D eigenvalue weighted by Crippen LogP contribution is 2.38. The third kappa shape index (κ3) is 2.03. The summed E-state index contributed by atoms with van der Waals surface area (Å²) in [6, 6.07) is 11.3. The molecule has 0 saturated heterocycles. The lowest BCUT2D eigenvalue weighted by molar-refractivity contribution is 1.08. The lowest BCUT2D eigenvalue weighted by atomic mass is 9.88. The average molecular weight is 251 g/mol. The van der Waals surface area contributed by atoms with Crippen molar-refractivity contribution in [1.29, 1.82) is 0 Å². The predicted octanol–water partition coefficient (Wildman–Crippen LogP) is 4.50. The van der Waals surface area contributed by atoms with Crippen LogP contribution in [0, 0.1) is 13.8 Å². The van der Waals surface area contributed by atoms with Crippen molar-refractivity contribution in [3.05, 3.63) is 52.6 Å². The standard InChI is InChI=1S/C18H21N/c1-4-15-13(3)11-17-16(9-10-19-17)18(15)14-7-5-12(2)6-8-14/h5-8,11,19H,4,9-10H2,1-3H3. The van der Waals surface area contributed by atoms with E-state index in [-0.39, 0.29) is 0 Å². The van der Waals surface area contributed by atoms with Gasteiger partial charge in [0.15, 0.2) is 0 Å². The Balaban J connectivity index is 2.26. The van der Waals surface area contributed by atoms with Crippen molar-refractivity contribution in [2.45, 2.75) is 33.6 Å². The van der Waals surface area contributed by atoms with E-state index in [9.17, 15) is 0 Å². The van der Waals surface area contributed by atoms with Gasteiger partial charge in [0, 0.05) is 12.2 Å². The van der Waals surface area contributed by atoms with Gasteiger partial charge in [-0.1, -0.05) is 36.8 Å². The maximum Gasteiger partial charge on any atom is 0.0382 e. The zero-order chi connectivity index (χ0) is 13.4. The Morgan fingerprint density at radius 2 is 1.84 bits per heavy atom. The molecular weight excluding hydrogens is 230 g/mol. The van der Waals surface area contributed by atoms with Crippen LogP contribution in [0.4, 0.5) is 5.69 Å². The molecule has 1 aliphatic rings. The fraction of sp³-hybridized carbons (Fsp3) is 0.333. The van der Waals surface area contributed by atoms with Gasteiger partial charge in [0.25, 0.3) is 0 Å². The number of fused-ring (bicyclic) bond motifs is 1. The summed E-state index contributed by atoms with van der Waals surface area (Å²) in [6.45, 7) is 7.71. The van der Waals surface area contributed by atoms with Crippen LogP contribution in [0.5, 0.6) is 0 Å². The van der Waals surface area contributed by atoms with Crippen LogP contribution in [0.3, 0.4) is 0 Å². The van der Waals surface area contributed by atoms with E-state index in [4.69, 9.17) is 0 Å². The highest BCUT2D eigenvalue weighted by atomic mass is 14.9. The first kappa shape index (κ1) is 12.3. The summed E-state index contributed by atoms with van der Waals surface area (Å²) in [5.41, 5.74) is 9.92. The van der Waals surface area contributed by atoms with Crippen molar-refractivity contribution >= 4 is 5.69 Å². The monoisotopic (exact) mass is 251 g/mol. The molecule has 3 rings (SSSR count). The van der Waals surface area contributed by atoms with Crippen LogP contribution >= 0.6 is 0 Å². The number of rotatable bonds is 2. The van der Waals surface area contributed by atoms with Crippen molar-refractivity contribution < 1.29 is 0 Å². The fourth-order valence-corrected chi connectivity index (χ4v) is 3.17. The summed E-state index contributed by atoms with van der Waals surface area (Å²) >= 11 is 0. The number of hydrogen-bond acceptors (Lipinski definition) is 1. The Hall–Kier alpha value is -1.76. The molecule has 0 saturated carbocycles. The highest BCUT2D eigenvalue weighted by molar-refractivity contribution is 5.80. The maximum atomic E-state index is 3.51. The van der Waals surface area contributed by atoms with Gasteiger partial charge in [-0.15, -0.1) is 0 Å². The summed E-state index contributed by atoms with van der Waals surface area (Å²) in [7, 11) is 0. The second-order valence-corrected chi connectivity index (χ2v) is 5.47. The molecule has 0 spiro atoms. The normalized spacial score (nSPS) is 13.2. The van der Waals surface area contributed by atoms with Crippen molar-refractivity contribution in [3.63, 3.8) is 0 Å². The number of benzene rings is 2. The molecular formula is C18H21N. The molecule has 0 bridgehead atoms. The van der Waals surface area contributed by atoms with E-state index >= 15 is 0 Å². The summed E-state index contributed by atoms with van der Waals surface area (Å²) in [6.07, 6.45) is 2.24. The molecule has 2 aromatic rings. The van der Waals surface area contributed by atoms with E-state index in [2.05, 4.69) is 56.4 Å². The van der Waals surface area contributed by atoms with Gasteiger partial charge in [0.05, 0.1) is 0 Å². The van der Waals surface area contributed by atoms with Crippen LogP contribution in [0.2, 0.25) is 0 Å². The van der Waals surface area contributed by atoms with Crippen LogP contribution < -0.4 is 5.32 Å². The van der Waals surface area contributed by atoms with Crippen molar-refractivity contribution in [3.8, 4) is 11.1 Å². The Morgan fingerprint density at radius 3 is 2.53 bits per heavy atom. The second kappa shape index (κ2) is 4.73. The predicted molar refractivity (Wildman–Crippen MR) is 82.9 cm³/mol. The van der Waals surface area contributed by atoms with Gasteiger partial charge in [0.1, 0.15) is 0 Å². The molecule has 0 unspecified atom stereocenters. The lowest BCUT2D eigenvalue weighted by Crippen LogP contribution is -1.97. The zero-order valence-corrected chi connectivity index (χ0v) is 12.0. The van der Waals surface area contributed by atoms with Crippen molar-refractivity contribution in [2.24, 2.45) is 0 Å². The number of hydrogen-bond donors (Lipinski definition) is 1. The highest BCUT2D eigenvalue weighted by Gasteiger charge is 2.19. The zero-order valence-electron chi connectivity index (χ0n) is 12.0. The van der Waals surface area contributed by atoms with Gasteiger partial charge in [-0.05, 0) is 60.6 Å². The number of aryl methyl sites for hydroxylation is 2. The molecule has 0 radical (unpaired) electrons. The smallest absolute Gasteiger partial charge is 0.0382 e. The maximum absolute atomic E-state index is 3.51. The molecule has 1 heteroatoms. The molecule has 0 aliphatic carbocycles. The molecule has 1 heterocycles. The minimum absolute atomic E-state index is 1.07. The quantitative estimate of drug-likeness (QED) is 0.828. The molecule has 0 aromatic heterocycles. The Morgan fingerprint density at radius 1 is 1.11 bits per heavy atom. The second-order valence-electron chi connectivity index (χ2n) is 5.47. The van der Waals surface area contributed by atoms with Gasteiger partial charge in [-0.25, -0.2) is 0 Å². The van der Waals surface area contributed by atoms with Crippen LogP contribution in [0.25, 0.3) is 11.1 Å². The molecule has 1 N–H and O–H groups in total. The number of anilines is 1. The van der Waals surface area contributed by atoms with Gasteiger partial charge in [-0.2, -0.15) is 0 Å². The first-order valence-corrected chi connectivity index (χ1v) is 7.17. The Kier molecular flexibility index (Phi) is 3.06. The number of nitrogens with one attached hydrogen (secondary N) is 1. The molecule has 2 aromatic carbocycles. The minimum Gasteiger partial charge on any atom is -0.384 e. The van der Waals surface area contributed by atoms with Gasteiger partial charge in [0.2, 0.25) is 0 Å². The van der Waals surface area contributed by atoms with Crippen LogP contribution in [0.15, 0.2) is 30.3 Å². The largest absolute Gasteiger partial charge is 0.384 e. The van der Waals surface area contributed by atoms with E-state index in [1.54, 1.807) is 0 Å². The molecule has 98 valence electrons. The van der Waals surface area contributed by atoms with Crippen LogP contribution in [-0.4, -0.2) is 6.54 Å². The summed E-state index contributed by atoms with van der Waals surface area (Å²) in [5, 5.41) is 3.51. The van der Waals surface area contributed by atoms with Gasteiger partial charge in [-0.3, -0.25) is 0 Å². The minimum atomic E-state index is 1.07. The first-order valence-electron chi connectivity index (χ1n) is 7.17. The van der Waals surface area contributed by atoms with Gasteiger partial charge >= 0.3 is 0 Å². The van der Waals surface area contributed by atoms with E-state index < -0.39 is 0 Å². The van der Waals surface area contributed by atoms with Gasteiger partial charge < -0.3 is 5.32 Å². The Bertz CT molecular complexity index is 605. The third-order valence-corrected chi connectivity index (χ3v) is 4.15. The molecule has 0 fully saturated rings. The van der Waals surface area contributed by atoms with Crippen molar-refractivity contribution in [1.82, 2.24) is 0 Å². The summed E-state index contributed by atoms with van der Waals surface area (Å²) < 4.78 is 0. The topological polar surface area (TPSA) is 12.0 Å². The molecule has 0 amide bonds. The summed E-state index contributed by atoms with van der Waals surface area (Å²) in [4.78, 5) is 0. The van der Waals surface area contributed by atoms with Crippen molar-refractivity contribution in [2.75, 3.05) is 11.9 Å². The summed E-state index contributed by atoms with van der Waals surface area (Å²) in [5.74, 6) is 0.